The molecule has 2 rings (SSSR count). The molecule has 1 aliphatic rings. The molecule has 2 N–H and O–H groups in total. The molecule has 0 spiro atoms. The number of fused-ring (bicyclic) bond motifs is 1. The quantitative estimate of drug-likeness (QED) is 0.797. The van der Waals surface area contributed by atoms with Crippen LogP contribution in [0.25, 0.3) is 0 Å². The number of hydrogen-bond donors (Lipinski definition) is 2. The van der Waals surface area contributed by atoms with Gasteiger partial charge in [0.15, 0.2) is 0 Å². The Labute approximate surface area is 90.8 Å². The highest BCUT2D eigenvalue weighted by Gasteiger charge is 2.16. The minimum Gasteiger partial charge on any atom is -0.497 e. The molecule has 82 valence electrons. The molecule has 1 aliphatic heterocycles. The van der Waals surface area contributed by atoms with Gasteiger partial charge in [-0.1, -0.05) is 13.3 Å². The number of nitrogens with one attached hydrogen (secondary N) is 2. The average molecular weight is 206 g/mol. The minimum atomic E-state index is 0.537. The van der Waals surface area contributed by atoms with Crippen LogP contribution in [-0.4, -0.2) is 19.7 Å². The van der Waals surface area contributed by atoms with E-state index in [4.69, 9.17) is 4.74 Å². The lowest BCUT2D eigenvalue weighted by molar-refractivity contribution is 0.415. The maximum absolute atomic E-state index is 5.21. The zero-order valence-electron chi connectivity index (χ0n) is 9.34. The number of hydrogen-bond acceptors (Lipinski definition) is 3. The van der Waals surface area contributed by atoms with Gasteiger partial charge in [-0.2, -0.15) is 0 Å². The van der Waals surface area contributed by atoms with Crippen molar-refractivity contribution >= 4 is 11.4 Å². The molecule has 1 aromatic rings. The van der Waals surface area contributed by atoms with Gasteiger partial charge in [-0.3, -0.25) is 0 Å². The molecule has 0 radical (unpaired) electrons. The molecule has 15 heavy (non-hydrogen) atoms. The SMILES string of the molecule is CCCC1CNc2ccc(OC)cc2N1. The zero-order chi connectivity index (χ0) is 10.7. The van der Waals surface area contributed by atoms with Gasteiger partial charge in [-0.15, -0.1) is 0 Å². The molecular formula is C12H18N2O. The zero-order valence-corrected chi connectivity index (χ0v) is 9.34. The van der Waals surface area contributed by atoms with Crippen LogP contribution in [0.5, 0.6) is 5.75 Å². The third kappa shape index (κ3) is 2.17. The van der Waals surface area contributed by atoms with Crippen molar-refractivity contribution in [3.63, 3.8) is 0 Å². The highest BCUT2D eigenvalue weighted by Crippen LogP contribution is 2.30. The summed E-state index contributed by atoms with van der Waals surface area (Å²) in [4.78, 5) is 0. The first-order valence-corrected chi connectivity index (χ1v) is 5.52. The van der Waals surface area contributed by atoms with E-state index < -0.39 is 0 Å². The fourth-order valence-corrected chi connectivity index (χ4v) is 1.95. The first-order valence-electron chi connectivity index (χ1n) is 5.52. The Morgan fingerprint density at radius 3 is 3.00 bits per heavy atom. The van der Waals surface area contributed by atoms with E-state index >= 15 is 0 Å². The molecule has 1 unspecified atom stereocenters. The van der Waals surface area contributed by atoms with Crippen molar-refractivity contribution in [3.05, 3.63) is 18.2 Å². The molecule has 0 bridgehead atoms. The monoisotopic (exact) mass is 206 g/mol. The molecule has 0 fully saturated rings. The Balaban J connectivity index is 2.16. The van der Waals surface area contributed by atoms with E-state index in [9.17, 15) is 0 Å². The number of methoxy groups -OCH3 is 1. The lowest BCUT2D eigenvalue weighted by Crippen LogP contribution is -2.32. The van der Waals surface area contributed by atoms with Crippen LogP contribution < -0.4 is 15.4 Å². The molecule has 0 aromatic heterocycles. The lowest BCUT2D eigenvalue weighted by Gasteiger charge is -2.28. The summed E-state index contributed by atoms with van der Waals surface area (Å²) in [6, 6.07) is 6.62. The number of ether oxygens (including phenoxy) is 1. The van der Waals surface area contributed by atoms with Gasteiger partial charge >= 0.3 is 0 Å². The maximum atomic E-state index is 5.21. The van der Waals surface area contributed by atoms with Crippen molar-refractivity contribution in [3.8, 4) is 5.75 Å². The number of anilines is 2. The van der Waals surface area contributed by atoms with Gasteiger partial charge in [0.1, 0.15) is 5.75 Å². The Kier molecular flexibility index (Phi) is 2.99. The highest BCUT2D eigenvalue weighted by molar-refractivity contribution is 5.73. The lowest BCUT2D eigenvalue weighted by atomic mass is 10.1. The summed E-state index contributed by atoms with van der Waals surface area (Å²) >= 11 is 0. The van der Waals surface area contributed by atoms with Gasteiger partial charge in [0.2, 0.25) is 0 Å². The van der Waals surface area contributed by atoms with Crippen LogP contribution in [0, 0.1) is 0 Å². The molecule has 3 nitrogen and oxygen atoms in total. The van der Waals surface area contributed by atoms with Crippen molar-refractivity contribution in [2.24, 2.45) is 0 Å². The topological polar surface area (TPSA) is 33.3 Å². The van der Waals surface area contributed by atoms with E-state index in [1.807, 2.05) is 12.1 Å². The van der Waals surface area contributed by atoms with Crippen LogP contribution in [0.15, 0.2) is 18.2 Å². The minimum absolute atomic E-state index is 0.537. The van der Waals surface area contributed by atoms with Crippen molar-refractivity contribution in [1.82, 2.24) is 0 Å². The summed E-state index contributed by atoms with van der Waals surface area (Å²) in [5.74, 6) is 0.903. The first kappa shape index (κ1) is 10.1. The van der Waals surface area contributed by atoms with E-state index in [1.54, 1.807) is 7.11 Å². The summed E-state index contributed by atoms with van der Waals surface area (Å²) < 4.78 is 5.21. The van der Waals surface area contributed by atoms with E-state index in [0.717, 1.165) is 18.0 Å². The molecule has 0 saturated carbocycles. The van der Waals surface area contributed by atoms with Gasteiger partial charge in [-0.25, -0.2) is 0 Å². The van der Waals surface area contributed by atoms with Crippen LogP contribution in [0.2, 0.25) is 0 Å². The van der Waals surface area contributed by atoms with Crippen LogP contribution in [0.1, 0.15) is 19.8 Å². The van der Waals surface area contributed by atoms with Gasteiger partial charge in [0.25, 0.3) is 0 Å². The molecule has 1 aromatic carbocycles. The van der Waals surface area contributed by atoms with Crippen LogP contribution in [-0.2, 0) is 0 Å². The number of rotatable bonds is 3. The standard InChI is InChI=1S/C12H18N2O/c1-3-4-9-8-13-11-6-5-10(15-2)7-12(11)14-9/h5-7,9,13-14H,3-4,8H2,1-2H3. The van der Waals surface area contributed by atoms with Crippen molar-refractivity contribution in [2.75, 3.05) is 24.3 Å². The average Bonchev–Trinajstić information content (AvgIpc) is 2.28. The molecule has 3 heteroatoms. The second-order valence-corrected chi connectivity index (χ2v) is 3.92. The van der Waals surface area contributed by atoms with Gasteiger partial charge < -0.3 is 15.4 Å². The van der Waals surface area contributed by atoms with Crippen molar-refractivity contribution in [1.29, 1.82) is 0 Å². The fourth-order valence-electron chi connectivity index (χ4n) is 1.95. The maximum Gasteiger partial charge on any atom is 0.121 e. The molecule has 0 amide bonds. The van der Waals surface area contributed by atoms with Crippen molar-refractivity contribution < 1.29 is 4.74 Å². The summed E-state index contributed by atoms with van der Waals surface area (Å²) in [6.45, 7) is 3.22. The largest absolute Gasteiger partial charge is 0.497 e. The van der Waals surface area contributed by atoms with E-state index in [0.29, 0.717) is 6.04 Å². The second kappa shape index (κ2) is 4.43. The smallest absolute Gasteiger partial charge is 0.121 e. The molecular weight excluding hydrogens is 188 g/mol. The second-order valence-electron chi connectivity index (χ2n) is 3.92. The normalized spacial score (nSPS) is 18.7. The summed E-state index contributed by atoms with van der Waals surface area (Å²) in [6.07, 6.45) is 2.41. The Hall–Kier alpha value is -1.38. The first-order chi connectivity index (χ1) is 7.33. The predicted molar refractivity (Wildman–Crippen MR) is 63.8 cm³/mol. The summed E-state index contributed by atoms with van der Waals surface area (Å²) in [5, 5.41) is 6.96. The molecule has 0 saturated heterocycles. The van der Waals surface area contributed by atoms with E-state index in [1.165, 1.54) is 18.5 Å². The fraction of sp³-hybridized carbons (Fsp3) is 0.500. The highest BCUT2D eigenvalue weighted by atomic mass is 16.5. The predicted octanol–water partition coefficient (Wildman–Crippen LogP) is 2.70. The van der Waals surface area contributed by atoms with E-state index in [2.05, 4.69) is 23.6 Å². The van der Waals surface area contributed by atoms with Gasteiger partial charge in [0.05, 0.1) is 18.5 Å². The molecule has 1 heterocycles. The summed E-state index contributed by atoms with van der Waals surface area (Å²) in [7, 11) is 1.70. The van der Waals surface area contributed by atoms with Gasteiger partial charge in [-0.05, 0) is 18.6 Å². The molecule has 0 aliphatic carbocycles. The third-order valence-electron chi connectivity index (χ3n) is 2.76. The van der Waals surface area contributed by atoms with Crippen LogP contribution in [0.4, 0.5) is 11.4 Å². The van der Waals surface area contributed by atoms with Gasteiger partial charge in [0, 0.05) is 18.7 Å². The summed E-state index contributed by atoms with van der Waals surface area (Å²) in [5.41, 5.74) is 2.32. The van der Waals surface area contributed by atoms with Crippen LogP contribution >= 0.6 is 0 Å². The van der Waals surface area contributed by atoms with E-state index in [-0.39, 0.29) is 0 Å². The Bertz CT molecular complexity index is 338. The van der Waals surface area contributed by atoms with Crippen molar-refractivity contribution in [2.45, 2.75) is 25.8 Å². The third-order valence-corrected chi connectivity index (χ3v) is 2.76. The molecule has 1 atom stereocenters. The van der Waals surface area contributed by atoms with Crippen LogP contribution in [0.3, 0.4) is 0 Å². The Morgan fingerprint density at radius 2 is 2.27 bits per heavy atom. The number of benzene rings is 1. The Morgan fingerprint density at radius 1 is 1.40 bits per heavy atom.